The fourth-order valence-corrected chi connectivity index (χ4v) is 2.38. The summed E-state index contributed by atoms with van der Waals surface area (Å²) in [5, 5.41) is 9.99. The van der Waals surface area contributed by atoms with Crippen LogP contribution < -0.4 is 10.6 Å². The molecule has 1 atom stereocenters. The second-order valence-electron chi connectivity index (χ2n) is 6.04. The highest BCUT2D eigenvalue weighted by molar-refractivity contribution is 5.93. The van der Waals surface area contributed by atoms with Crippen LogP contribution in [0.5, 0.6) is 0 Å². The summed E-state index contributed by atoms with van der Waals surface area (Å²) in [5.41, 5.74) is 2.57. The van der Waals surface area contributed by atoms with E-state index < -0.39 is 0 Å². The van der Waals surface area contributed by atoms with Gasteiger partial charge < -0.3 is 15.1 Å². The standard InChI is InChI=1S/C17H24N4O3/c1-12(10-21-14(3)8-13(2)20-21)9-19-16(22)4-6-18-17(23)15-5-7-24-11-15/h5,7-8,11-12H,4,6,9-10H2,1-3H3,(H,18,23)(H,19,22)/t12-/m1/s1. The van der Waals surface area contributed by atoms with Gasteiger partial charge in [0.15, 0.2) is 0 Å². The van der Waals surface area contributed by atoms with Gasteiger partial charge in [0.1, 0.15) is 6.26 Å². The number of aryl methyl sites for hydroxylation is 2. The molecule has 0 spiro atoms. The maximum absolute atomic E-state index is 11.8. The van der Waals surface area contributed by atoms with Crippen LogP contribution in [0.4, 0.5) is 0 Å². The largest absolute Gasteiger partial charge is 0.472 e. The van der Waals surface area contributed by atoms with Crippen LogP contribution in [0.3, 0.4) is 0 Å². The molecule has 0 aliphatic rings. The summed E-state index contributed by atoms with van der Waals surface area (Å²) in [6.07, 6.45) is 3.05. The highest BCUT2D eigenvalue weighted by Crippen LogP contribution is 2.06. The SMILES string of the molecule is Cc1cc(C)n(C[C@H](C)CNC(=O)CCNC(=O)c2ccoc2)n1. The lowest BCUT2D eigenvalue weighted by molar-refractivity contribution is -0.121. The molecule has 0 unspecified atom stereocenters. The van der Waals surface area contributed by atoms with Gasteiger partial charge in [-0.1, -0.05) is 6.92 Å². The van der Waals surface area contributed by atoms with Crippen molar-refractivity contribution >= 4 is 11.8 Å². The molecule has 2 N–H and O–H groups in total. The van der Waals surface area contributed by atoms with Gasteiger partial charge in [0, 0.05) is 31.7 Å². The number of hydrogen-bond donors (Lipinski definition) is 2. The summed E-state index contributed by atoms with van der Waals surface area (Å²) in [6, 6.07) is 3.62. The van der Waals surface area contributed by atoms with Crippen LogP contribution in [0.25, 0.3) is 0 Å². The molecule has 2 aromatic rings. The summed E-state index contributed by atoms with van der Waals surface area (Å²) in [7, 11) is 0. The molecule has 2 heterocycles. The van der Waals surface area contributed by atoms with Gasteiger partial charge in [-0.05, 0) is 31.9 Å². The van der Waals surface area contributed by atoms with Crippen LogP contribution in [-0.2, 0) is 11.3 Å². The lowest BCUT2D eigenvalue weighted by Gasteiger charge is -2.14. The average molecular weight is 332 g/mol. The molecule has 0 saturated heterocycles. The summed E-state index contributed by atoms with van der Waals surface area (Å²) in [4.78, 5) is 23.5. The first-order chi connectivity index (χ1) is 11.5. The van der Waals surface area contributed by atoms with Crippen LogP contribution in [-0.4, -0.2) is 34.7 Å². The van der Waals surface area contributed by atoms with E-state index in [1.807, 2.05) is 24.6 Å². The van der Waals surface area contributed by atoms with Gasteiger partial charge >= 0.3 is 0 Å². The summed E-state index contributed by atoms with van der Waals surface area (Å²) < 4.78 is 6.80. The van der Waals surface area contributed by atoms with Crippen molar-refractivity contribution in [3.63, 3.8) is 0 Å². The maximum Gasteiger partial charge on any atom is 0.254 e. The zero-order valence-corrected chi connectivity index (χ0v) is 14.3. The molecule has 7 nitrogen and oxygen atoms in total. The Labute approximate surface area is 141 Å². The van der Waals surface area contributed by atoms with Crippen molar-refractivity contribution in [2.45, 2.75) is 33.7 Å². The van der Waals surface area contributed by atoms with E-state index in [1.165, 1.54) is 12.5 Å². The predicted octanol–water partition coefficient (Wildman–Crippen LogP) is 1.67. The van der Waals surface area contributed by atoms with Crippen LogP contribution in [0.1, 0.15) is 35.1 Å². The maximum atomic E-state index is 11.8. The third kappa shape index (κ3) is 5.26. The van der Waals surface area contributed by atoms with Crippen LogP contribution in [0, 0.1) is 19.8 Å². The van der Waals surface area contributed by atoms with Crippen molar-refractivity contribution in [3.8, 4) is 0 Å². The molecule has 24 heavy (non-hydrogen) atoms. The average Bonchev–Trinajstić information content (AvgIpc) is 3.15. The third-order valence-electron chi connectivity index (χ3n) is 3.66. The molecular formula is C17H24N4O3. The van der Waals surface area contributed by atoms with E-state index >= 15 is 0 Å². The molecule has 7 heteroatoms. The molecule has 0 aliphatic carbocycles. The van der Waals surface area contributed by atoms with E-state index in [9.17, 15) is 9.59 Å². The molecule has 2 amide bonds. The Morgan fingerprint density at radius 2 is 2.12 bits per heavy atom. The van der Waals surface area contributed by atoms with Gasteiger partial charge in [-0.3, -0.25) is 14.3 Å². The normalized spacial score (nSPS) is 12.0. The zero-order chi connectivity index (χ0) is 17.5. The smallest absolute Gasteiger partial charge is 0.254 e. The summed E-state index contributed by atoms with van der Waals surface area (Å²) in [6.45, 7) is 7.69. The number of hydrogen-bond acceptors (Lipinski definition) is 4. The van der Waals surface area contributed by atoms with Crippen molar-refractivity contribution in [1.82, 2.24) is 20.4 Å². The Morgan fingerprint density at radius 3 is 2.75 bits per heavy atom. The van der Waals surface area contributed by atoms with Crippen LogP contribution in [0.15, 0.2) is 29.1 Å². The lowest BCUT2D eigenvalue weighted by atomic mass is 10.2. The molecule has 2 rings (SSSR count). The Kier molecular flexibility index (Phi) is 6.17. The van der Waals surface area contributed by atoms with E-state index in [4.69, 9.17) is 4.42 Å². The Hall–Kier alpha value is -2.57. The van der Waals surface area contributed by atoms with Crippen LogP contribution >= 0.6 is 0 Å². The molecule has 0 bridgehead atoms. The quantitative estimate of drug-likeness (QED) is 0.769. The van der Waals surface area contributed by atoms with Gasteiger partial charge in [0.2, 0.25) is 5.91 Å². The molecule has 130 valence electrons. The molecule has 2 aromatic heterocycles. The lowest BCUT2D eigenvalue weighted by Crippen LogP contribution is -2.33. The minimum Gasteiger partial charge on any atom is -0.472 e. The van der Waals surface area contributed by atoms with E-state index in [0.717, 1.165) is 17.9 Å². The van der Waals surface area contributed by atoms with Gasteiger partial charge in [0.25, 0.3) is 5.91 Å². The van der Waals surface area contributed by atoms with Crippen molar-refractivity contribution in [2.24, 2.45) is 5.92 Å². The summed E-state index contributed by atoms with van der Waals surface area (Å²) in [5.74, 6) is -0.0513. The van der Waals surface area contributed by atoms with E-state index in [1.54, 1.807) is 6.07 Å². The van der Waals surface area contributed by atoms with Crippen molar-refractivity contribution < 1.29 is 14.0 Å². The van der Waals surface area contributed by atoms with Gasteiger partial charge in [0.05, 0.1) is 17.5 Å². The minimum atomic E-state index is -0.241. The molecule has 0 fully saturated rings. The molecular weight excluding hydrogens is 308 g/mol. The number of furan rings is 1. The number of aromatic nitrogens is 2. The molecule has 0 aromatic carbocycles. The zero-order valence-electron chi connectivity index (χ0n) is 14.3. The van der Waals surface area contributed by atoms with Gasteiger partial charge in [-0.25, -0.2) is 0 Å². The highest BCUT2D eigenvalue weighted by atomic mass is 16.3. The number of carbonyl (C=O) groups excluding carboxylic acids is 2. The van der Waals surface area contributed by atoms with Crippen molar-refractivity contribution in [3.05, 3.63) is 41.6 Å². The molecule has 0 radical (unpaired) electrons. The number of nitrogens with one attached hydrogen (secondary N) is 2. The number of carbonyl (C=O) groups is 2. The van der Waals surface area contributed by atoms with Gasteiger partial charge in [-0.15, -0.1) is 0 Å². The van der Waals surface area contributed by atoms with E-state index in [2.05, 4.69) is 22.7 Å². The number of rotatable bonds is 8. The highest BCUT2D eigenvalue weighted by Gasteiger charge is 2.10. The Balaban J connectivity index is 1.64. The number of nitrogens with zero attached hydrogens (tertiary/aromatic N) is 2. The second-order valence-corrected chi connectivity index (χ2v) is 6.04. The third-order valence-corrected chi connectivity index (χ3v) is 3.66. The first-order valence-corrected chi connectivity index (χ1v) is 8.04. The Morgan fingerprint density at radius 1 is 1.33 bits per heavy atom. The first kappa shape index (κ1) is 17.8. The van der Waals surface area contributed by atoms with Crippen LogP contribution in [0.2, 0.25) is 0 Å². The van der Waals surface area contributed by atoms with Gasteiger partial charge in [-0.2, -0.15) is 5.10 Å². The molecule has 0 aliphatic heterocycles. The number of amides is 2. The Bertz CT molecular complexity index is 676. The monoisotopic (exact) mass is 332 g/mol. The van der Waals surface area contributed by atoms with E-state index in [-0.39, 0.29) is 24.2 Å². The fraction of sp³-hybridized carbons (Fsp3) is 0.471. The summed E-state index contributed by atoms with van der Waals surface area (Å²) >= 11 is 0. The fourth-order valence-electron chi connectivity index (χ4n) is 2.38. The molecule has 0 saturated carbocycles. The predicted molar refractivity (Wildman–Crippen MR) is 89.5 cm³/mol. The second kappa shape index (κ2) is 8.33. The topological polar surface area (TPSA) is 89.2 Å². The first-order valence-electron chi connectivity index (χ1n) is 8.04. The van der Waals surface area contributed by atoms with Crippen molar-refractivity contribution in [2.75, 3.05) is 13.1 Å². The van der Waals surface area contributed by atoms with Crippen molar-refractivity contribution in [1.29, 1.82) is 0 Å². The van der Waals surface area contributed by atoms with E-state index in [0.29, 0.717) is 18.7 Å². The minimum absolute atomic E-state index is 0.0808.